The van der Waals surface area contributed by atoms with Gasteiger partial charge in [0.1, 0.15) is 29.5 Å². The molecule has 2 aromatic heterocycles. The zero-order valence-electron chi connectivity index (χ0n) is 16.8. The standard InChI is InChI=1S/C24H20N2O5/c1-30-24(29)18-11-7-13-26(23(18)28)15-21(27)25-22(16-8-3-2-4-9-16)20-14-17-10-5-6-12-19(17)31-20/h2-14,22H,15H2,1H3,(H,25,27). The Bertz CT molecular complexity index is 1260. The number of carbonyl (C=O) groups excluding carboxylic acids is 2. The molecule has 0 saturated carbocycles. The third-order valence-corrected chi connectivity index (χ3v) is 4.91. The zero-order chi connectivity index (χ0) is 21.8. The molecule has 0 bridgehead atoms. The van der Waals surface area contributed by atoms with Gasteiger partial charge in [0.05, 0.1) is 7.11 Å². The molecule has 31 heavy (non-hydrogen) atoms. The van der Waals surface area contributed by atoms with Gasteiger partial charge in [0.2, 0.25) is 5.91 Å². The summed E-state index contributed by atoms with van der Waals surface area (Å²) < 4.78 is 11.8. The lowest BCUT2D eigenvalue weighted by Gasteiger charge is -2.18. The molecule has 7 nitrogen and oxygen atoms in total. The normalized spacial score (nSPS) is 11.8. The molecule has 1 N–H and O–H groups in total. The Morgan fingerprint density at radius 2 is 1.77 bits per heavy atom. The molecule has 0 radical (unpaired) electrons. The average molecular weight is 416 g/mol. The molecule has 2 heterocycles. The van der Waals surface area contributed by atoms with Gasteiger partial charge in [-0.25, -0.2) is 4.79 Å². The van der Waals surface area contributed by atoms with Crippen molar-refractivity contribution >= 4 is 22.8 Å². The van der Waals surface area contributed by atoms with E-state index < -0.39 is 23.5 Å². The van der Waals surface area contributed by atoms with E-state index in [1.54, 1.807) is 0 Å². The quantitative estimate of drug-likeness (QED) is 0.487. The number of hydrogen-bond donors (Lipinski definition) is 1. The molecule has 0 aliphatic heterocycles. The van der Waals surface area contributed by atoms with Crippen LogP contribution in [0.5, 0.6) is 0 Å². The summed E-state index contributed by atoms with van der Waals surface area (Å²) in [4.78, 5) is 37.1. The van der Waals surface area contributed by atoms with Crippen molar-refractivity contribution in [1.82, 2.24) is 9.88 Å². The van der Waals surface area contributed by atoms with E-state index in [2.05, 4.69) is 10.1 Å². The fourth-order valence-corrected chi connectivity index (χ4v) is 3.40. The number of nitrogens with one attached hydrogen (secondary N) is 1. The molecule has 0 saturated heterocycles. The Morgan fingerprint density at radius 3 is 2.52 bits per heavy atom. The van der Waals surface area contributed by atoms with Crippen molar-refractivity contribution in [2.24, 2.45) is 0 Å². The van der Waals surface area contributed by atoms with Crippen molar-refractivity contribution in [3.8, 4) is 0 Å². The SMILES string of the molecule is COC(=O)c1cccn(CC(=O)NC(c2ccccc2)c2cc3ccccc3o2)c1=O. The molecule has 7 heteroatoms. The van der Waals surface area contributed by atoms with E-state index in [0.29, 0.717) is 5.76 Å². The second kappa shape index (κ2) is 8.71. The van der Waals surface area contributed by atoms with Gasteiger partial charge < -0.3 is 19.0 Å². The van der Waals surface area contributed by atoms with Gasteiger partial charge in [-0.2, -0.15) is 0 Å². The number of hydrogen-bond acceptors (Lipinski definition) is 5. The maximum Gasteiger partial charge on any atom is 0.343 e. The highest BCUT2D eigenvalue weighted by molar-refractivity contribution is 5.89. The summed E-state index contributed by atoms with van der Waals surface area (Å²) in [5, 5.41) is 3.87. The first-order valence-corrected chi connectivity index (χ1v) is 9.67. The van der Waals surface area contributed by atoms with E-state index >= 15 is 0 Å². The van der Waals surface area contributed by atoms with Gasteiger partial charge >= 0.3 is 5.97 Å². The van der Waals surface area contributed by atoms with Crippen LogP contribution in [-0.2, 0) is 16.1 Å². The van der Waals surface area contributed by atoms with Gasteiger partial charge in [0.25, 0.3) is 5.56 Å². The van der Waals surface area contributed by atoms with Crippen LogP contribution in [0, 0.1) is 0 Å². The predicted octanol–water partition coefficient (Wildman–Crippen LogP) is 3.29. The van der Waals surface area contributed by atoms with Crippen LogP contribution in [0.15, 0.2) is 88.2 Å². The average Bonchev–Trinajstić information content (AvgIpc) is 3.23. The molecule has 0 fully saturated rings. The molecule has 4 aromatic rings. The summed E-state index contributed by atoms with van der Waals surface area (Å²) in [7, 11) is 1.20. The first kappa shape index (κ1) is 20.2. The lowest BCUT2D eigenvalue weighted by molar-refractivity contribution is -0.122. The molecular formula is C24H20N2O5. The summed E-state index contributed by atoms with van der Waals surface area (Å²) in [5.74, 6) is -0.570. The van der Waals surface area contributed by atoms with Crippen molar-refractivity contribution in [2.75, 3.05) is 7.11 Å². The number of methoxy groups -OCH3 is 1. The maximum atomic E-state index is 12.9. The van der Waals surface area contributed by atoms with E-state index in [-0.39, 0.29) is 12.1 Å². The van der Waals surface area contributed by atoms with E-state index in [1.165, 1.54) is 30.0 Å². The monoisotopic (exact) mass is 416 g/mol. The molecule has 0 aliphatic carbocycles. The van der Waals surface area contributed by atoms with E-state index in [0.717, 1.165) is 16.5 Å². The summed E-state index contributed by atoms with van der Waals surface area (Å²) in [6.45, 7) is -0.257. The Balaban J connectivity index is 1.63. The van der Waals surface area contributed by atoms with E-state index in [9.17, 15) is 14.4 Å². The van der Waals surface area contributed by atoms with Crippen molar-refractivity contribution in [3.63, 3.8) is 0 Å². The maximum absolute atomic E-state index is 12.9. The second-order valence-corrected chi connectivity index (χ2v) is 6.94. The first-order valence-electron chi connectivity index (χ1n) is 9.67. The number of nitrogens with zero attached hydrogens (tertiary/aromatic N) is 1. The Kier molecular flexibility index (Phi) is 5.66. The third kappa shape index (κ3) is 4.25. The Hall–Kier alpha value is -4.13. The number of furan rings is 1. The highest BCUT2D eigenvalue weighted by Crippen LogP contribution is 2.28. The summed E-state index contributed by atoms with van der Waals surface area (Å²) in [6.07, 6.45) is 1.45. The van der Waals surface area contributed by atoms with E-state index in [1.807, 2.05) is 60.7 Å². The third-order valence-electron chi connectivity index (χ3n) is 4.91. The Morgan fingerprint density at radius 1 is 1.03 bits per heavy atom. The smallest absolute Gasteiger partial charge is 0.343 e. The number of para-hydroxylation sites is 1. The lowest BCUT2D eigenvalue weighted by atomic mass is 10.0. The minimum absolute atomic E-state index is 0.130. The molecule has 4 rings (SSSR count). The minimum Gasteiger partial charge on any atom is -0.465 e. The lowest BCUT2D eigenvalue weighted by Crippen LogP contribution is -2.36. The van der Waals surface area contributed by atoms with Crippen LogP contribution in [0.25, 0.3) is 11.0 Å². The number of esters is 1. The van der Waals surface area contributed by atoms with Crippen molar-refractivity contribution in [1.29, 1.82) is 0 Å². The highest BCUT2D eigenvalue weighted by Gasteiger charge is 2.22. The van der Waals surface area contributed by atoms with Gasteiger partial charge in [-0.05, 0) is 29.8 Å². The molecule has 1 amide bonds. The van der Waals surface area contributed by atoms with Gasteiger partial charge in [-0.15, -0.1) is 0 Å². The summed E-state index contributed by atoms with van der Waals surface area (Å²) in [6, 6.07) is 21.2. The number of benzene rings is 2. The van der Waals surface area contributed by atoms with Crippen molar-refractivity contribution in [3.05, 3.63) is 106 Å². The van der Waals surface area contributed by atoms with Gasteiger partial charge in [0.15, 0.2) is 0 Å². The number of amides is 1. The van der Waals surface area contributed by atoms with Crippen LogP contribution >= 0.6 is 0 Å². The van der Waals surface area contributed by atoms with Gasteiger partial charge in [-0.3, -0.25) is 9.59 Å². The van der Waals surface area contributed by atoms with Crippen LogP contribution in [0.3, 0.4) is 0 Å². The van der Waals surface area contributed by atoms with Crippen LogP contribution in [-0.4, -0.2) is 23.6 Å². The van der Waals surface area contributed by atoms with E-state index in [4.69, 9.17) is 4.42 Å². The Labute approximate surface area is 177 Å². The second-order valence-electron chi connectivity index (χ2n) is 6.94. The molecule has 2 aromatic carbocycles. The number of rotatable bonds is 6. The zero-order valence-corrected chi connectivity index (χ0v) is 16.8. The fourth-order valence-electron chi connectivity index (χ4n) is 3.40. The van der Waals surface area contributed by atoms with Crippen LogP contribution < -0.4 is 10.9 Å². The van der Waals surface area contributed by atoms with Gasteiger partial charge in [0, 0.05) is 11.6 Å². The summed E-state index contributed by atoms with van der Waals surface area (Å²) >= 11 is 0. The number of carbonyl (C=O) groups is 2. The number of aromatic nitrogens is 1. The largest absolute Gasteiger partial charge is 0.465 e. The minimum atomic E-state index is -0.746. The van der Waals surface area contributed by atoms with Crippen LogP contribution in [0.2, 0.25) is 0 Å². The van der Waals surface area contributed by atoms with Crippen LogP contribution in [0.4, 0.5) is 0 Å². The number of ether oxygens (including phenoxy) is 1. The fraction of sp³-hybridized carbons (Fsp3) is 0.125. The van der Waals surface area contributed by atoms with Crippen molar-refractivity contribution in [2.45, 2.75) is 12.6 Å². The molecular weight excluding hydrogens is 396 g/mol. The molecule has 1 atom stereocenters. The topological polar surface area (TPSA) is 90.5 Å². The molecule has 0 spiro atoms. The molecule has 0 aliphatic rings. The highest BCUT2D eigenvalue weighted by atomic mass is 16.5. The number of pyridine rings is 1. The summed E-state index contributed by atoms with van der Waals surface area (Å²) in [5.41, 5.74) is 0.833. The number of fused-ring (bicyclic) bond motifs is 1. The molecule has 156 valence electrons. The first-order chi connectivity index (χ1) is 15.1. The van der Waals surface area contributed by atoms with Crippen molar-refractivity contribution < 1.29 is 18.7 Å². The molecule has 1 unspecified atom stereocenters. The van der Waals surface area contributed by atoms with Gasteiger partial charge in [-0.1, -0.05) is 48.5 Å². The van der Waals surface area contributed by atoms with Crippen LogP contribution in [0.1, 0.15) is 27.7 Å². The predicted molar refractivity (Wildman–Crippen MR) is 115 cm³/mol.